The van der Waals surface area contributed by atoms with Crippen molar-refractivity contribution < 1.29 is 4.79 Å². The zero-order valence-corrected chi connectivity index (χ0v) is 16.3. The zero-order chi connectivity index (χ0) is 18.1. The minimum atomic E-state index is -0.704. The average Bonchev–Trinajstić information content (AvgIpc) is 3.25. The highest BCUT2D eigenvalue weighted by Gasteiger charge is 2.42. The van der Waals surface area contributed by atoms with Gasteiger partial charge in [-0.3, -0.25) is 4.79 Å². The Morgan fingerprint density at radius 1 is 1.08 bits per heavy atom. The molecule has 3 aromatic rings. The molecule has 0 bridgehead atoms. The SMILES string of the molecule is O=C(CC1(Cl)CN(Cc2ccc(Cl)cc2)c2ccccc21)c1cccs1. The van der Waals surface area contributed by atoms with Gasteiger partial charge in [-0.15, -0.1) is 22.9 Å². The molecule has 4 rings (SSSR count). The maximum Gasteiger partial charge on any atom is 0.174 e. The number of carbonyl (C=O) groups is 1. The van der Waals surface area contributed by atoms with Crippen molar-refractivity contribution in [1.29, 1.82) is 0 Å². The molecule has 1 atom stereocenters. The summed E-state index contributed by atoms with van der Waals surface area (Å²) in [5, 5.41) is 2.65. The first-order chi connectivity index (χ1) is 12.5. The molecule has 0 spiro atoms. The van der Waals surface area contributed by atoms with E-state index in [9.17, 15) is 4.79 Å². The number of para-hydroxylation sites is 1. The van der Waals surface area contributed by atoms with Crippen molar-refractivity contribution in [3.8, 4) is 0 Å². The number of benzene rings is 2. The third-order valence-electron chi connectivity index (χ3n) is 4.69. The molecule has 2 nitrogen and oxygen atoms in total. The number of rotatable bonds is 5. The molecule has 0 fully saturated rings. The Balaban J connectivity index is 1.61. The van der Waals surface area contributed by atoms with Gasteiger partial charge in [0, 0.05) is 30.2 Å². The van der Waals surface area contributed by atoms with Gasteiger partial charge in [0.2, 0.25) is 0 Å². The third-order valence-corrected chi connectivity index (χ3v) is 6.31. The van der Waals surface area contributed by atoms with E-state index >= 15 is 0 Å². The predicted octanol–water partition coefficient (Wildman–Crippen LogP) is 6.13. The number of nitrogens with zero attached hydrogens (tertiary/aromatic N) is 1. The average molecular weight is 402 g/mol. The van der Waals surface area contributed by atoms with Gasteiger partial charge in [0.15, 0.2) is 5.78 Å². The number of hydrogen-bond acceptors (Lipinski definition) is 3. The van der Waals surface area contributed by atoms with E-state index in [0.717, 1.165) is 33.3 Å². The second kappa shape index (κ2) is 7.07. The number of carbonyl (C=O) groups excluding carboxylic acids is 1. The lowest BCUT2D eigenvalue weighted by molar-refractivity contribution is 0.0973. The van der Waals surface area contributed by atoms with Gasteiger partial charge in [0.25, 0.3) is 0 Å². The lowest BCUT2D eigenvalue weighted by atomic mass is 9.94. The number of hydrogen-bond donors (Lipinski definition) is 0. The molecular formula is C21H17Cl2NOS. The van der Waals surface area contributed by atoms with Crippen molar-refractivity contribution >= 4 is 46.0 Å². The van der Waals surface area contributed by atoms with Crippen LogP contribution in [0.2, 0.25) is 5.02 Å². The number of ketones is 1. The van der Waals surface area contributed by atoms with Crippen molar-refractivity contribution in [2.24, 2.45) is 0 Å². The summed E-state index contributed by atoms with van der Waals surface area (Å²) in [7, 11) is 0. The molecule has 0 amide bonds. The first-order valence-electron chi connectivity index (χ1n) is 8.40. The second-order valence-electron chi connectivity index (χ2n) is 6.54. The summed E-state index contributed by atoms with van der Waals surface area (Å²) in [5.74, 6) is 0.0955. The largest absolute Gasteiger partial charge is 0.365 e. The smallest absolute Gasteiger partial charge is 0.174 e. The van der Waals surface area contributed by atoms with E-state index in [1.165, 1.54) is 11.3 Å². The number of fused-ring (bicyclic) bond motifs is 1. The van der Waals surface area contributed by atoms with Crippen molar-refractivity contribution in [3.05, 3.63) is 87.1 Å². The molecule has 2 heterocycles. The number of thiophene rings is 1. The van der Waals surface area contributed by atoms with E-state index in [1.54, 1.807) is 0 Å². The fraction of sp³-hybridized carbons (Fsp3) is 0.190. The van der Waals surface area contributed by atoms with Crippen LogP contribution in [0.5, 0.6) is 0 Å². The molecule has 1 aliphatic rings. The molecule has 0 aliphatic carbocycles. The van der Waals surface area contributed by atoms with Crippen LogP contribution in [0.4, 0.5) is 5.69 Å². The summed E-state index contributed by atoms with van der Waals surface area (Å²) in [5.41, 5.74) is 3.28. The third kappa shape index (κ3) is 3.39. The Hall–Kier alpha value is -1.81. The van der Waals surface area contributed by atoms with Gasteiger partial charge in [0.05, 0.1) is 9.75 Å². The van der Waals surface area contributed by atoms with Crippen LogP contribution in [0.3, 0.4) is 0 Å². The topological polar surface area (TPSA) is 20.3 Å². The Kier molecular flexibility index (Phi) is 4.78. The minimum absolute atomic E-state index is 0.0955. The first kappa shape index (κ1) is 17.6. The number of halogens is 2. The van der Waals surface area contributed by atoms with E-state index in [-0.39, 0.29) is 5.78 Å². The summed E-state index contributed by atoms with van der Waals surface area (Å²) in [6.07, 6.45) is 0.295. The molecule has 0 radical (unpaired) electrons. The lowest BCUT2D eigenvalue weighted by Gasteiger charge is -2.24. The van der Waals surface area contributed by atoms with E-state index in [1.807, 2.05) is 60.0 Å². The fourth-order valence-corrected chi connectivity index (χ4v) is 4.70. The molecule has 132 valence electrons. The van der Waals surface area contributed by atoms with Gasteiger partial charge in [-0.1, -0.05) is 48.0 Å². The summed E-state index contributed by atoms with van der Waals surface area (Å²) in [6, 6.07) is 19.7. The zero-order valence-electron chi connectivity index (χ0n) is 14.0. The number of Topliss-reactive ketones (excluding diaryl/α,β-unsaturated/α-hetero) is 1. The van der Waals surface area contributed by atoms with Gasteiger partial charge in [-0.25, -0.2) is 0 Å². The van der Waals surface area contributed by atoms with Gasteiger partial charge in [-0.05, 0) is 40.8 Å². The van der Waals surface area contributed by atoms with Crippen LogP contribution in [0.1, 0.15) is 27.2 Å². The molecule has 2 aromatic carbocycles. The molecule has 1 aliphatic heterocycles. The van der Waals surface area contributed by atoms with E-state index in [4.69, 9.17) is 23.2 Å². The van der Waals surface area contributed by atoms with Crippen LogP contribution in [0, 0.1) is 0 Å². The van der Waals surface area contributed by atoms with Crippen LogP contribution in [0.25, 0.3) is 0 Å². The van der Waals surface area contributed by atoms with Gasteiger partial charge in [-0.2, -0.15) is 0 Å². The van der Waals surface area contributed by atoms with E-state index < -0.39 is 4.87 Å². The lowest BCUT2D eigenvalue weighted by Crippen LogP contribution is -2.30. The molecule has 1 aromatic heterocycles. The number of anilines is 1. The normalized spacial score (nSPS) is 18.8. The quantitative estimate of drug-likeness (QED) is 0.378. The van der Waals surface area contributed by atoms with Gasteiger partial charge < -0.3 is 4.90 Å². The van der Waals surface area contributed by atoms with Gasteiger partial charge >= 0.3 is 0 Å². The maximum atomic E-state index is 12.7. The highest BCUT2D eigenvalue weighted by Crippen LogP contribution is 2.47. The van der Waals surface area contributed by atoms with Crippen LogP contribution in [-0.2, 0) is 11.4 Å². The van der Waals surface area contributed by atoms with Crippen LogP contribution in [-0.4, -0.2) is 12.3 Å². The van der Waals surface area contributed by atoms with Gasteiger partial charge in [0.1, 0.15) is 0 Å². The monoisotopic (exact) mass is 401 g/mol. The van der Waals surface area contributed by atoms with Crippen molar-refractivity contribution in [3.63, 3.8) is 0 Å². The molecule has 0 saturated heterocycles. The minimum Gasteiger partial charge on any atom is -0.365 e. The summed E-state index contributed by atoms with van der Waals surface area (Å²) in [4.78, 5) is 15.0. The predicted molar refractivity (Wildman–Crippen MR) is 110 cm³/mol. The molecular weight excluding hydrogens is 385 g/mol. The van der Waals surface area contributed by atoms with Crippen LogP contribution in [0.15, 0.2) is 66.0 Å². The highest BCUT2D eigenvalue weighted by atomic mass is 35.5. The molecule has 26 heavy (non-hydrogen) atoms. The molecule has 0 N–H and O–H groups in total. The van der Waals surface area contributed by atoms with Crippen LogP contribution < -0.4 is 4.90 Å². The van der Waals surface area contributed by atoms with E-state index in [0.29, 0.717) is 13.0 Å². The number of alkyl halides is 1. The van der Waals surface area contributed by atoms with Crippen LogP contribution >= 0.6 is 34.5 Å². The van der Waals surface area contributed by atoms with Crippen molar-refractivity contribution in [1.82, 2.24) is 0 Å². The van der Waals surface area contributed by atoms with E-state index in [2.05, 4.69) is 11.0 Å². The Morgan fingerprint density at radius 2 is 1.85 bits per heavy atom. The van der Waals surface area contributed by atoms with Crippen molar-refractivity contribution in [2.75, 3.05) is 11.4 Å². The summed E-state index contributed by atoms with van der Waals surface area (Å²) < 4.78 is 0. The summed E-state index contributed by atoms with van der Waals surface area (Å²) in [6.45, 7) is 1.34. The van der Waals surface area contributed by atoms with Crippen molar-refractivity contribution in [2.45, 2.75) is 17.8 Å². The molecule has 1 unspecified atom stereocenters. The standard InChI is InChI=1S/C21H17Cl2NOS/c22-16-9-7-15(8-10-16)13-24-14-21(23,17-4-1-2-5-18(17)24)12-19(25)20-6-3-11-26-20/h1-11H,12-14H2. The highest BCUT2D eigenvalue weighted by molar-refractivity contribution is 7.12. The molecule has 5 heteroatoms. The second-order valence-corrected chi connectivity index (χ2v) is 8.65. The fourth-order valence-electron chi connectivity index (χ4n) is 3.48. The Morgan fingerprint density at radius 3 is 2.58 bits per heavy atom. The molecule has 0 saturated carbocycles. The Bertz CT molecular complexity index is 923. The first-order valence-corrected chi connectivity index (χ1v) is 10.0. The summed E-state index contributed by atoms with van der Waals surface area (Å²) >= 11 is 14.5. The maximum absolute atomic E-state index is 12.7. The Labute approximate surface area is 167 Å².